The normalized spacial score (nSPS) is 10.5. The zero-order valence-corrected chi connectivity index (χ0v) is 17.8. The van der Waals surface area contributed by atoms with Crippen molar-refractivity contribution in [1.82, 2.24) is 9.97 Å². The number of nitrogens with one attached hydrogen (secondary N) is 1. The first-order chi connectivity index (χ1) is 15.9. The maximum absolute atomic E-state index is 4.74. The van der Waals surface area contributed by atoms with Crippen LogP contribution in [0.5, 0.6) is 0 Å². The second kappa shape index (κ2) is 9.36. The summed E-state index contributed by atoms with van der Waals surface area (Å²) in [5, 5.41) is 0. The van der Waals surface area contributed by atoms with Crippen molar-refractivity contribution in [2.45, 2.75) is 0 Å². The Kier molecular flexibility index (Phi) is 5.80. The molecule has 0 atom stereocenters. The number of imidazole rings is 1. The molecule has 4 aromatic carbocycles. The number of nitrogens with zero attached hydrogens (tertiary/aromatic N) is 1. The third-order valence-corrected chi connectivity index (χ3v) is 5.62. The molecule has 0 unspecified atom stereocenters. The third-order valence-electron chi connectivity index (χ3n) is 5.62. The number of H-pyrrole nitrogens is 1. The zero-order chi connectivity index (χ0) is 21.6. The lowest BCUT2D eigenvalue weighted by Crippen LogP contribution is -2.30. The molecule has 152 valence electrons. The average Bonchev–Trinajstić information content (AvgIpc) is 3.32. The molecule has 5 rings (SSSR count). The van der Waals surface area contributed by atoms with Gasteiger partial charge in [0.2, 0.25) is 7.28 Å². The molecule has 0 amide bonds. The van der Waals surface area contributed by atoms with Gasteiger partial charge in [-0.2, -0.15) is 0 Å². The highest BCUT2D eigenvalue weighted by molar-refractivity contribution is 6.67. The van der Waals surface area contributed by atoms with Crippen LogP contribution in [0.3, 0.4) is 0 Å². The van der Waals surface area contributed by atoms with Gasteiger partial charge in [0.25, 0.3) is 0 Å². The van der Waals surface area contributed by atoms with Crippen LogP contribution in [0.25, 0.3) is 11.1 Å². The van der Waals surface area contributed by atoms with Crippen molar-refractivity contribution in [2.75, 3.05) is 0 Å². The van der Waals surface area contributed by atoms with Gasteiger partial charge in [0.1, 0.15) is 0 Å². The summed E-state index contributed by atoms with van der Waals surface area (Å²) in [6.45, 7) is 0. The Morgan fingerprint density at radius 3 is 1.47 bits per heavy atom. The Balaban J connectivity index is 1.78. The Hall–Kier alpha value is -4.11. The largest absolute Gasteiger partial charge is 0.345 e. The second-order valence-corrected chi connectivity index (χ2v) is 7.73. The minimum atomic E-state index is 0.771. The molecule has 0 aliphatic heterocycles. The van der Waals surface area contributed by atoms with Crippen molar-refractivity contribution in [2.24, 2.45) is 0 Å². The SMILES string of the molecule is B(c1ccccc1)c1nc[nH]c1C(=C(c1ccccc1)c1ccccc1)c1ccccc1. The molecule has 0 aliphatic rings. The fourth-order valence-electron chi connectivity index (χ4n) is 4.15. The van der Waals surface area contributed by atoms with Crippen LogP contribution >= 0.6 is 0 Å². The number of hydrogen-bond acceptors (Lipinski definition) is 1. The van der Waals surface area contributed by atoms with E-state index in [1.54, 1.807) is 0 Å². The summed E-state index contributed by atoms with van der Waals surface area (Å²) in [5.74, 6) is 0. The van der Waals surface area contributed by atoms with E-state index in [1.807, 2.05) is 12.4 Å². The van der Waals surface area contributed by atoms with Gasteiger partial charge in [0.05, 0.1) is 12.0 Å². The highest BCUT2D eigenvalue weighted by Crippen LogP contribution is 2.35. The quantitative estimate of drug-likeness (QED) is 0.316. The van der Waals surface area contributed by atoms with Crippen LogP contribution in [0.4, 0.5) is 0 Å². The molecule has 0 fully saturated rings. The third kappa shape index (κ3) is 4.19. The minimum absolute atomic E-state index is 0.771. The molecule has 0 bridgehead atoms. The minimum Gasteiger partial charge on any atom is -0.345 e. The van der Waals surface area contributed by atoms with Crippen molar-refractivity contribution in [3.05, 3.63) is 150 Å². The Labute approximate surface area is 189 Å². The van der Waals surface area contributed by atoms with E-state index < -0.39 is 0 Å². The van der Waals surface area contributed by atoms with Gasteiger partial charge in [-0.15, -0.1) is 0 Å². The standard InChI is InChI=1S/C29H23BN2/c1-5-13-22(14-6-1)26(23-15-7-2-8-16-23)27(24-17-9-3-10-18-24)28-29(32-21-31-28)30-25-19-11-4-12-20-25/h1-21,30H,(H,31,32). The van der Waals surface area contributed by atoms with E-state index in [0.29, 0.717) is 0 Å². The van der Waals surface area contributed by atoms with Crippen molar-refractivity contribution in [1.29, 1.82) is 0 Å². The molecular weight excluding hydrogens is 387 g/mol. The fourth-order valence-corrected chi connectivity index (χ4v) is 4.15. The summed E-state index contributed by atoms with van der Waals surface area (Å²) in [5.41, 5.74) is 9.21. The summed E-state index contributed by atoms with van der Waals surface area (Å²) in [7, 11) is 0.771. The van der Waals surface area contributed by atoms with E-state index in [0.717, 1.165) is 29.7 Å². The van der Waals surface area contributed by atoms with Gasteiger partial charge >= 0.3 is 0 Å². The van der Waals surface area contributed by atoms with E-state index in [9.17, 15) is 0 Å². The molecule has 0 saturated heterocycles. The van der Waals surface area contributed by atoms with Crippen LogP contribution < -0.4 is 11.1 Å². The maximum atomic E-state index is 4.74. The van der Waals surface area contributed by atoms with Gasteiger partial charge in [-0.1, -0.05) is 127 Å². The molecule has 1 heterocycles. The highest BCUT2D eigenvalue weighted by atomic mass is 14.9. The van der Waals surface area contributed by atoms with Gasteiger partial charge in [0.15, 0.2) is 0 Å². The predicted molar refractivity (Wildman–Crippen MR) is 136 cm³/mol. The average molecular weight is 410 g/mol. The summed E-state index contributed by atoms with van der Waals surface area (Å²) < 4.78 is 0. The van der Waals surface area contributed by atoms with Gasteiger partial charge in [-0.05, 0) is 22.3 Å². The molecule has 1 N–H and O–H groups in total. The number of hydrogen-bond donors (Lipinski definition) is 1. The zero-order valence-electron chi connectivity index (χ0n) is 17.8. The summed E-state index contributed by atoms with van der Waals surface area (Å²) in [4.78, 5) is 8.21. The van der Waals surface area contributed by atoms with E-state index in [1.165, 1.54) is 22.2 Å². The Morgan fingerprint density at radius 2 is 0.969 bits per heavy atom. The fraction of sp³-hybridized carbons (Fsp3) is 0. The van der Waals surface area contributed by atoms with Crippen molar-refractivity contribution in [3.8, 4) is 0 Å². The maximum Gasteiger partial charge on any atom is 0.219 e. The molecule has 32 heavy (non-hydrogen) atoms. The molecule has 1 aromatic heterocycles. The molecule has 2 nitrogen and oxygen atoms in total. The first kappa shape index (κ1) is 19.8. The van der Waals surface area contributed by atoms with Gasteiger partial charge < -0.3 is 4.98 Å². The van der Waals surface area contributed by atoms with Crippen LogP contribution in [0.2, 0.25) is 0 Å². The van der Waals surface area contributed by atoms with Crippen molar-refractivity contribution in [3.63, 3.8) is 0 Å². The molecule has 3 heteroatoms. The summed E-state index contributed by atoms with van der Waals surface area (Å²) in [6.07, 6.45) is 1.81. The first-order valence-corrected chi connectivity index (χ1v) is 10.9. The van der Waals surface area contributed by atoms with Crippen LogP contribution in [0.15, 0.2) is 128 Å². The second-order valence-electron chi connectivity index (χ2n) is 7.73. The Bertz CT molecular complexity index is 1270. The van der Waals surface area contributed by atoms with E-state index in [-0.39, 0.29) is 0 Å². The number of rotatable bonds is 6. The lowest BCUT2D eigenvalue weighted by Gasteiger charge is -2.18. The molecule has 0 aliphatic carbocycles. The molecule has 5 aromatic rings. The molecular formula is C29H23BN2. The van der Waals surface area contributed by atoms with Crippen LogP contribution in [0.1, 0.15) is 22.4 Å². The highest BCUT2D eigenvalue weighted by Gasteiger charge is 2.20. The van der Waals surface area contributed by atoms with Gasteiger partial charge in [-0.25, -0.2) is 0 Å². The van der Waals surface area contributed by atoms with E-state index >= 15 is 0 Å². The summed E-state index contributed by atoms with van der Waals surface area (Å²) >= 11 is 0. The monoisotopic (exact) mass is 410 g/mol. The lowest BCUT2D eigenvalue weighted by molar-refractivity contribution is 1.30. The van der Waals surface area contributed by atoms with Crippen molar-refractivity contribution < 1.29 is 0 Å². The Morgan fingerprint density at radius 1 is 0.531 bits per heavy atom. The number of benzene rings is 4. The number of aromatic nitrogens is 2. The van der Waals surface area contributed by atoms with E-state index in [2.05, 4.69) is 120 Å². The molecule has 0 spiro atoms. The van der Waals surface area contributed by atoms with Gasteiger partial charge in [-0.3, -0.25) is 4.98 Å². The van der Waals surface area contributed by atoms with E-state index in [4.69, 9.17) is 4.98 Å². The number of aromatic amines is 1. The molecule has 0 radical (unpaired) electrons. The topological polar surface area (TPSA) is 28.7 Å². The van der Waals surface area contributed by atoms with Gasteiger partial charge in [0, 0.05) is 11.2 Å². The first-order valence-electron chi connectivity index (χ1n) is 10.9. The molecule has 0 saturated carbocycles. The van der Waals surface area contributed by atoms with Crippen LogP contribution in [-0.2, 0) is 0 Å². The van der Waals surface area contributed by atoms with Crippen LogP contribution in [-0.4, -0.2) is 17.2 Å². The summed E-state index contributed by atoms with van der Waals surface area (Å²) in [6, 6.07) is 42.3. The lowest BCUT2D eigenvalue weighted by atomic mass is 9.65. The van der Waals surface area contributed by atoms with Crippen molar-refractivity contribution >= 4 is 29.5 Å². The van der Waals surface area contributed by atoms with Crippen LogP contribution in [0, 0.1) is 0 Å². The smallest absolute Gasteiger partial charge is 0.219 e. The predicted octanol–water partition coefficient (Wildman–Crippen LogP) is 4.80.